The summed E-state index contributed by atoms with van der Waals surface area (Å²) in [5.74, 6) is 0.396. The van der Waals surface area contributed by atoms with Crippen LogP contribution in [0.5, 0.6) is 5.75 Å². The molecule has 1 aliphatic heterocycles. The molecule has 3 aromatic rings. The van der Waals surface area contributed by atoms with Crippen LogP contribution in [-0.4, -0.2) is 23.2 Å². The number of nitrogens with zero attached hydrogens (tertiary/aromatic N) is 1. The van der Waals surface area contributed by atoms with Crippen molar-refractivity contribution in [2.24, 2.45) is 0 Å². The van der Waals surface area contributed by atoms with Gasteiger partial charge in [0, 0.05) is 5.56 Å². The number of amides is 2. The summed E-state index contributed by atoms with van der Waals surface area (Å²) in [6.07, 6.45) is 1.76. The van der Waals surface area contributed by atoms with Crippen molar-refractivity contribution in [1.82, 2.24) is 4.90 Å². The number of fused-ring (bicyclic) bond motifs is 1. The molecule has 1 aliphatic rings. The van der Waals surface area contributed by atoms with Gasteiger partial charge in [-0.15, -0.1) is 0 Å². The minimum absolute atomic E-state index is 0.255. The SMILES string of the molecule is COc1ccc2ccccc2c1/C=C1/SC(=O)N(Cc2ccccc2)C1=O. The van der Waals surface area contributed by atoms with Crippen molar-refractivity contribution in [1.29, 1.82) is 0 Å². The summed E-state index contributed by atoms with van der Waals surface area (Å²) in [6, 6.07) is 21.3. The summed E-state index contributed by atoms with van der Waals surface area (Å²) in [5.41, 5.74) is 1.73. The lowest BCUT2D eigenvalue weighted by atomic mass is 10.0. The van der Waals surface area contributed by atoms with Crippen molar-refractivity contribution >= 4 is 39.8 Å². The molecule has 3 aromatic carbocycles. The molecule has 1 saturated heterocycles. The molecule has 0 atom stereocenters. The fourth-order valence-electron chi connectivity index (χ4n) is 3.14. The van der Waals surface area contributed by atoms with Gasteiger partial charge in [0.05, 0.1) is 18.6 Å². The average Bonchev–Trinajstić information content (AvgIpc) is 2.96. The molecule has 0 saturated carbocycles. The lowest BCUT2D eigenvalue weighted by Crippen LogP contribution is -2.27. The molecule has 0 bridgehead atoms. The summed E-state index contributed by atoms with van der Waals surface area (Å²) in [7, 11) is 1.60. The Balaban J connectivity index is 1.72. The molecule has 27 heavy (non-hydrogen) atoms. The van der Waals surface area contributed by atoms with E-state index in [4.69, 9.17) is 4.74 Å². The number of carbonyl (C=O) groups excluding carboxylic acids is 2. The molecule has 134 valence electrons. The quantitative estimate of drug-likeness (QED) is 0.596. The van der Waals surface area contributed by atoms with Gasteiger partial charge in [-0.2, -0.15) is 0 Å². The van der Waals surface area contributed by atoms with Crippen LogP contribution < -0.4 is 4.74 Å². The first kappa shape index (κ1) is 17.4. The second kappa shape index (κ2) is 7.29. The normalized spacial score (nSPS) is 15.7. The number of ether oxygens (including phenoxy) is 1. The lowest BCUT2D eigenvalue weighted by molar-refractivity contribution is -0.123. The molecule has 0 aromatic heterocycles. The van der Waals surface area contributed by atoms with Crippen molar-refractivity contribution in [2.45, 2.75) is 6.54 Å². The molecule has 4 nitrogen and oxygen atoms in total. The van der Waals surface area contributed by atoms with E-state index in [-0.39, 0.29) is 17.7 Å². The predicted octanol–water partition coefficient (Wildman–Crippen LogP) is 5.08. The highest BCUT2D eigenvalue weighted by atomic mass is 32.2. The van der Waals surface area contributed by atoms with Crippen molar-refractivity contribution in [2.75, 3.05) is 7.11 Å². The standard InChI is InChI=1S/C22H17NO3S/c1-26-19-12-11-16-9-5-6-10-17(16)18(19)13-20-21(24)23(22(25)27-20)14-15-7-3-2-4-8-15/h2-13H,14H2,1H3/b20-13+. The predicted molar refractivity (Wildman–Crippen MR) is 108 cm³/mol. The highest BCUT2D eigenvalue weighted by molar-refractivity contribution is 8.18. The molecule has 0 radical (unpaired) electrons. The summed E-state index contributed by atoms with van der Waals surface area (Å²) in [4.78, 5) is 26.9. The molecular weight excluding hydrogens is 358 g/mol. The van der Waals surface area contributed by atoms with E-state index in [2.05, 4.69) is 0 Å². The Labute approximate surface area is 161 Å². The highest BCUT2D eigenvalue weighted by Crippen LogP contribution is 2.37. The average molecular weight is 375 g/mol. The Kier molecular flexibility index (Phi) is 4.69. The number of methoxy groups -OCH3 is 1. The van der Waals surface area contributed by atoms with Gasteiger partial charge in [-0.25, -0.2) is 0 Å². The van der Waals surface area contributed by atoms with Crippen LogP contribution in [0.2, 0.25) is 0 Å². The summed E-state index contributed by atoms with van der Waals surface area (Å²) in [5, 5.41) is 1.77. The highest BCUT2D eigenvalue weighted by Gasteiger charge is 2.35. The van der Waals surface area contributed by atoms with Gasteiger partial charge in [0.2, 0.25) is 0 Å². The Hall–Kier alpha value is -3.05. The van der Waals surface area contributed by atoms with E-state index in [1.807, 2.05) is 66.7 Å². The van der Waals surface area contributed by atoms with E-state index in [1.165, 1.54) is 4.90 Å². The first-order chi connectivity index (χ1) is 13.2. The fraction of sp³-hybridized carbons (Fsp3) is 0.0909. The molecule has 4 rings (SSSR count). The zero-order chi connectivity index (χ0) is 18.8. The van der Waals surface area contributed by atoms with Gasteiger partial charge in [0.1, 0.15) is 5.75 Å². The second-order valence-electron chi connectivity index (χ2n) is 6.16. The van der Waals surface area contributed by atoms with Crippen molar-refractivity contribution in [3.8, 4) is 5.75 Å². The first-order valence-electron chi connectivity index (χ1n) is 8.52. The molecule has 0 aliphatic carbocycles. The van der Waals surface area contributed by atoms with Crippen LogP contribution >= 0.6 is 11.8 Å². The summed E-state index contributed by atoms with van der Waals surface area (Å²) >= 11 is 0.967. The number of imide groups is 1. The first-order valence-corrected chi connectivity index (χ1v) is 9.34. The number of thioether (sulfide) groups is 1. The second-order valence-corrected chi connectivity index (χ2v) is 7.15. The zero-order valence-corrected chi connectivity index (χ0v) is 15.5. The largest absolute Gasteiger partial charge is 0.496 e. The number of hydrogen-bond acceptors (Lipinski definition) is 4. The van der Waals surface area contributed by atoms with Crippen molar-refractivity contribution in [3.05, 3.63) is 82.8 Å². The minimum Gasteiger partial charge on any atom is -0.496 e. The molecule has 5 heteroatoms. The third kappa shape index (κ3) is 3.34. The van der Waals surface area contributed by atoms with E-state index in [0.29, 0.717) is 10.7 Å². The summed E-state index contributed by atoms with van der Waals surface area (Å²) in [6.45, 7) is 0.273. The van der Waals surface area contributed by atoms with Crippen LogP contribution in [0.1, 0.15) is 11.1 Å². The van der Waals surface area contributed by atoms with Gasteiger partial charge in [0.25, 0.3) is 11.1 Å². The third-order valence-corrected chi connectivity index (χ3v) is 5.39. The number of benzene rings is 3. The number of rotatable bonds is 4. The number of carbonyl (C=O) groups is 2. The molecule has 0 spiro atoms. The molecule has 0 unspecified atom stereocenters. The van der Waals surface area contributed by atoms with Crippen LogP contribution in [0.3, 0.4) is 0 Å². The van der Waals surface area contributed by atoms with E-state index in [1.54, 1.807) is 13.2 Å². The van der Waals surface area contributed by atoms with Crippen LogP contribution in [0.25, 0.3) is 16.8 Å². The van der Waals surface area contributed by atoms with E-state index in [0.717, 1.165) is 33.7 Å². The Bertz CT molecular complexity index is 1060. The maximum atomic E-state index is 12.8. The molecule has 0 N–H and O–H groups in total. The maximum absolute atomic E-state index is 12.8. The molecule has 1 fully saturated rings. The molecule has 2 amide bonds. The van der Waals surface area contributed by atoms with Gasteiger partial charge in [-0.3, -0.25) is 14.5 Å². The zero-order valence-electron chi connectivity index (χ0n) is 14.7. The number of hydrogen-bond donors (Lipinski definition) is 0. The monoisotopic (exact) mass is 375 g/mol. The topological polar surface area (TPSA) is 46.6 Å². The fourth-order valence-corrected chi connectivity index (χ4v) is 3.96. The Morgan fingerprint density at radius 1 is 0.963 bits per heavy atom. The van der Waals surface area contributed by atoms with Crippen LogP contribution in [0.4, 0.5) is 4.79 Å². The van der Waals surface area contributed by atoms with Crippen molar-refractivity contribution < 1.29 is 14.3 Å². The van der Waals surface area contributed by atoms with Crippen LogP contribution in [-0.2, 0) is 11.3 Å². The van der Waals surface area contributed by atoms with E-state index >= 15 is 0 Å². The summed E-state index contributed by atoms with van der Waals surface area (Å²) < 4.78 is 5.48. The van der Waals surface area contributed by atoms with Crippen LogP contribution in [0, 0.1) is 0 Å². The van der Waals surface area contributed by atoms with Gasteiger partial charge in [0.15, 0.2) is 0 Å². The van der Waals surface area contributed by atoms with E-state index in [9.17, 15) is 9.59 Å². The smallest absolute Gasteiger partial charge is 0.293 e. The van der Waals surface area contributed by atoms with Crippen LogP contribution in [0.15, 0.2) is 71.6 Å². The Morgan fingerprint density at radius 3 is 2.48 bits per heavy atom. The van der Waals surface area contributed by atoms with E-state index < -0.39 is 0 Å². The van der Waals surface area contributed by atoms with Gasteiger partial charge in [-0.1, -0.05) is 60.7 Å². The third-order valence-electron chi connectivity index (χ3n) is 4.48. The minimum atomic E-state index is -0.274. The molecular formula is C22H17NO3S. The maximum Gasteiger partial charge on any atom is 0.293 e. The van der Waals surface area contributed by atoms with Crippen molar-refractivity contribution in [3.63, 3.8) is 0 Å². The molecule has 1 heterocycles. The van der Waals surface area contributed by atoms with Gasteiger partial charge in [-0.05, 0) is 40.2 Å². The van der Waals surface area contributed by atoms with Gasteiger partial charge >= 0.3 is 0 Å². The Morgan fingerprint density at radius 2 is 1.70 bits per heavy atom. The lowest BCUT2D eigenvalue weighted by Gasteiger charge is -2.12. The van der Waals surface area contributed by atoms with Gasteiger partial charge < -0.3 is 4.74 Å².